The van der Waals surface area contributed by atoms with E-state index in [1.54, 1.807) is 31.4 Å². The number of halogens is 1. The van der Waals surface area contributed by atoms with E-state index in [4.69, 9.17) is 21.1 Å². The van der Waals surface area contributed by atoms with Gasteiger partial charge in [0.25, 0.3) is 5.91 Å². The summed E-state index contributed by atoms with van der Waals surface area (Å²) in [6.07, 6.45) is 0. The van der Waals surface area contributed by atoms with E-state index in [2.05, 4.69) is 10.2 Å². The molecule has 168 valence electrons. The molecule has 0 aromatic heterocycles. The Hall–Kier alpha value is -2.49. The van der Waals surface area contributed by atoms with Gasteiger partial charge in [-0.2, -0.15) is 4.31 Å². The SMILES string of the molecule is COc1cccc(OCC(=O)NCCS(=O)(=O)N2CCN(c3cccc(Cl)c3)CC2)c1. The second-order valence-corrected chi connectivity index (χ2v) is 9.52. The van der Waals surface area contributed by atoms with E-state index in [1.807, 2.05) is 24.3 Å². The first-order valence-electron chi connectivity index (χ1n) is 9.89. The molecule has 0 saturated carbocycles. The van der Waals surface area contributed by atoms with Gasteiger partial charge in [-0.3, -0.25) is 4.79 Å². The summed E-state index contributed by atoms with van der Waals surface area (Å²) in [5, 5.41) is 3.24. The Morgan fingerprint density at radius 2 is 1.77 bits per heavy atom. The van der Waals surface area contributed by atoms with Crippen LogP contribution in [0.1, 0.15) is 0 Å². The summed E-state index contributed by atoms with van der Waals surface area (Å²) < 4.78 is 37.2. The molecular weight excluding hydrogens is 442 g/mol. The smallest absolute Gasteiger partial charge is 0.257 e. The van der Waals surface area contributed by atoms with Gasteiger partial charge in [-0.15, -0.1) is 0 Å². The molecule has 3 rings (SSSR count). The van der Waals surface area contributed by atoms with E-state index in [0.717, 1.165) is 5.69 Å². The van der Waals surface area contributed by atoms with Crippen molar-refractivity contribution in [3.8, 4) is 11.5 Å². The van der Waals surface area contributed by atoms with Crippen LogP contribution in [0.2, 0.25) is 5.02 Å². The van der Waals surface area contributed by atoms with Crippen LogP contribution in [0.25, 0.3) is 0 Å². The molecule has 31 heavy (non-hydrogen) atoms. The van der Waals surface area contributed by atoms with E-state index in [-0.39, 0.29) is 24.8 Å². The van der Waals surface area contributed by atoms with Crippen molar-refractivity contribution in [1.29, 1.82) is 0 Å². The summed E-state index contributed by atoms with van der Waals surface area (Å²) in [7, 11) is -1.92. The van der Waals surface area contributed by atoms with E-state index in [1.165, 1.54) is 4.31 Å². The number of nitrogens with one attached hydrogen (secondary N) is 1. The Morgan fingerprint density at radius 1 is 1.06 bits per heavy atom. The lowest BCUT2D eigenvalue weighted by Crippen LogP contribution is -2.50. The molecule has 0 unspecified atom stereocenters. The van der Waals surface area contributed by atoms with Gasteiger partial charge in [0.1, 0.15) is 11.5 Å². The molecule has 1 aliphatic rings. The molecule has 8 nitrogen and oxygen atoms in total. The zero-order valence-electron chi connectivity index (χ0n) is 17.3. The Labute approximate surface area is 187 Å². The van der Waals surface area contributed by atoms with Gasteiger partial charge in [-0.05, 0) is 30.3 Å². The van der Waals surface area contributed by atoms with Crippen molar-refractivity contribution in [2.45, 2.75) is 0 Å². The minimum atomic E-state index is -3.46. The van der Waals surface area contributed by atoms with Crippen molar-refractivity contribution in [3.05, 3.63) is 53.6 Å². The van der Waals surface area contributed by atoms with Crippen molar-refractivity contribution in [3.63, 3.8) is 0 Å². The third kappa shape index (κ3) is 6.75. The quantitative estimate of drug-likeness (QED) is 0.606. The van der Waals surface area contributed by atoms with Crippen LogP contribution < -0.4 is 19.7 Å². The van der Waals surface area contributed by atoms with Gasteiger partial charge < -0.3 is 19.7 Å². The molecule has 2 aromatic carbocycles. The Morgan fingerprint density at radius 3 is 2.48 bits per heavy atom. The molecule has 0 bridgehead atoms. The van der Waals surface area contributed by atoms with Gasteiger partial charge in [0.15, 0.2) is 6.61 Å². The summed E-state index contributed by atoms with van der Waals surface area (Å²) in [5.41, 5.74) is 0.979. The number of hydrogen-bond donors (Lipinski definition) is 1. The highest BCUT2D eigenvalue weighted by Gasteiger charge is 2.27. The second kappa shape index (κ2) is 10.7. The predicted octanol–water partition coefficient (Wildman–Crippen LogP) is 2.00. The summed E-state index contributed by atoms with van der Waals surface area (Å²) >= 11 is 6.04. The maximum atomic E-state index is 12.6. The maximum Gasteiger partial charge on any atom is 0.257 e. The molecule has 0 aliphatic carbocycles. The summed E-state index contributed by atoms with van der Waals surface area (Å²) in [4.78, 5) is 14.1. The molecule has 1 N–H and O–H groups in total. The van der Waals surface area contributed by atoms with Gasteiger partial charge >= 0.3 is 0 Å². The standard InChI is InChI=1S/C21H26ClN3O5S/c1-29-19-6-3-7-20(15-19)30-16-21(26)23-8-13-31(27,28)25-11-9-24(10-12-25)18-5-2-4-17(22)14-18/h2-7,14-15H,8-13,16H2,1H3,(H,23,26). The third-order valence-corrected chi connectivity index (χ3v) is 7.01. The normalized spacial score (nSPS) is 14.8. The van der Waals surface area contributed by atoms with Gasteiger partial charge in [0.05, 0.1) is 12.9 Å². The fraction of sp³-hybridized carbons (Fsp3) is 0.381. The topological polar surface area (TPSA) is 88.2 Å². The number of sulfonamides is 1. The lowest BCUT2D eigenvalue weighted by molar-refractivity contribution is -0.122. The third-order valence-electron chi connectivity index (χ3n) is 4.90. The van der Waals surface area contributed by atoms with Gasteiger partial charge in [0.2, 0.25) is 10.0 Å². The van der Waals surface area contributed by atoms with Crippen molar-refractivity contribution in [2.75, 3.05) is 57.1 Å². The molecular formula is C21H26ClN3O5S. The first-order chi connectivity index (χ1) is 14.9. The Bertz CT molecular complexity index is 994. The summed E-state index contributed by atoms with van der Waals surface area (Å²) in [5.74, 6) is 0.581. The molecule has 1 heterocycles. The van der Waals surface area contributed by atoms with Crippen molar-refractivity contribution in [2.24, 2.45) is 0 Å². The van der Waals surface area contributed by atoms with E-state index < -0.39 is 10.0 Å². The number of amides is 1. The zero-order valence-corrected chi connectivity index (χ0v) is 18.9. The maximum absolute atomic E-state index is 12.6. The molecule has 0 atom stereocenters. The van der Waals surface area contributed by atoms with Crippen LogP contribution in [-0.2, 0) is 14.8 Å². The molecule has 10 heteroatoms. The summed E-state index contributed by atoms with van der Waals surface area (Å²) in [6, 6.07) is 14.4. The van der Waals surface area contributed by atoms with Crippen LogP contribution in [0.5, 0.6) is 11.5 Å². The zero-order chi connectivity index (χ0) is 22.3. The number of benzene rings is 2. The van der Waals surface area contributed by atoms with Crippen LogP contribution in [0.3, 0.4) is 0 Å². The van der Waals surface area contributed by atoms with Crippen molar-refractivity contribution >= 4 is 33.2 Å². The highest BCUT2D eigenvalue weighted by atomic mass is 35.5. The average molecular weight is 468 g/mol. The first-order valence-corrected chi connectivity index (χ1v) is 11.9. The van der Waals surface area contributed by atoms with E-state index >= 15 is 0 Å². The van der Waals surface area contributed by atoms with Crippen LogP contribution >= 0.6 is 11.6 Å². The molecule has 0 radical (unpaired) electrons. The predicted molar refractivity (Wildman–Crippen MR) is 121 cm³/mol. The number of carbonyl (C=O) groups is 1. The van der Waals surface area contributed by atoms with Crippen LogP contribution in [0.15, 0.2) is 48.5 Å². The molecule has 1 saturated heterocycles. The molecule has 1 amide bonds. The number of rotatable bonds is 9. The van der Waals surface area contributed by atoms with Crippen LogP contribution in [-0.4, -0.2) is 70.8 Å². The van der Waals surface area contributed by atoms with Crippen molar-refractivity contribution < 1.29 is 22.7 Å². The largest absolute Gasteiger partial charge is 0.497 e. The minimum Gasteiger partial charge on any atom is -0.497 e. The van der Waals surface area contributed by atoms with E-state index in [9.17, 15) is 13.2 Å². The Balaban J connectivity index is 1.40. The molecule has 0 spiro atoms. The Kier molecular flexibility index (Phi) is 8.00. The lowest BCUT2D eigenvalue weighted by Gasteiger charge is -2.35. The number of nitrogens with zero attached hydrogens (tertiary/aromatic N) is 2. The molecule has 2 aromatic rings. The number of anilines is 1. The number of piperazine rings is 1. The highest BCUT2D eigenvalue weighted by molar-refractivity contribution is 7.89. The van der Waals surface area contributed by atoms with Gasteiger partial charge in [0, 0.05) is 49.5 Å². The number of carbonyl (C=O) groups excluding carboxylic acids is 1. The average Bonchev–Trinajstić information content (AvgIpc) is 2.78. The van der Waals surface area contributed by atoms with Gasteiger partial charge in [-0.1, -0.05) is 23.7 Å². The van der Waals surface area contributed by atoms with Crippen molar-refractivity contribution in [1.82, 2.24) is 9.62 Å². The highest BCUT2D eigenvalue weighted by Crippen LogP contribution is 2.21. The fourth-order valence-corrected chi connectivity index (χ4v) is 4.76. The second-order valence-electron chi connectivity index (χ2n) is 7.00. The summed E-state index contributed by atoms with van der Waals surface area (Å²) in [6.45, 7) is 1.77. The van der Waals surface area contributed by atoms with E-state index in [0.29, 0.717) is 42.7 Å². The number of ether oxygens (including phenoxy) is 2. The monoisotopic (exact) mass is 467 g/mol. The van der Waals surface area contributed by atoms with Crippen LogP contribution in [0, 0.1) is 0 Å². The minimum absolute atomic E-state index is 0.0249. The first kappa shape index (κ1) is 23.2. The lowest BCUT2D eigenvalue weighted by atomic mass is 10.2. The number of methoxy groups -OCH3 is 1. The molecule has 1 aliphatic heterocycles. The molecule has 1 fully saturated rings. The van der Waals surface area contributed by atoms with Crippen LogP contribution in [0.4, 0.5) is 5.69 Å². The van der Waals surface area contributed by atoms with Gasteiger partial charge in [-0.25, -0.2) is 8.42 Å². The fourth-order valence-electron chi connectivity index (χ4n) is 3.24. The number of hydrogen-bond acceptors (Lipinski definition) is 6.